The number of Topliss-reactive ketones (excluding diaryl/α,β-unsaturated/α-hetero) is 1. The maximum Gasteiger partial charge on any atom is 0.179 e. The number of hydrogen-bond acceptors (Lipinski definition) is 2. The lowest BCUT2D eigenvalue weighted by atomic mass is 10.1. The summed E-state index contributed by atoms with van der Waals surface area (Å²) < 4.78 is 2.01. The summed E-state index contributed by atoms with van der Waals surface area (Å²) in [4.78, 5) is 11.3. The maximum absolute atomic E-state index is 11.3. The molecule has 0 saturated heterocycles. The number of benzene rings is 1. The molecule has 2 heterocycles. The molecule has 3 heteroatoms. The first-order chi connectivity index (χ1) is 8.25. The fourth-order valence-corrected chi connectivity index (χ4v) is 2.45. The minimum atomic E-state index is 0.0405. The molecule has 3 nitrogen and oxygen atoms in total. The molecule has 3 rings (SSSR count). The average molecular weight is 226 g/mol. The molecule has 0 aliphatic carbocycles. The minimum Gasteiger partial charge on any atom is -0.293 e. The highest BCUT2D eigenvalue weighted by Crippen LogP contribution is 2.31. The standard InChI is InChI=1S/C14H14N2O/c1-10(17)13-9-12-7-8-14(16(12)15-13)11-5-3-2-4-6-11/h2-6,9,14H,7-8H2,1H3. The van der Waals surface area contributed by atoms with E-state index in [1.54, 1.807) is 6.92 Å². The number of carbonyl (C=O) groups is 1. The Kier molecular flexibility index (Phi) is 2.32. The molecule has 1 aliphatic heterocycles. The second-order valence-corrected chi connectivity index (χ2v) is 4.49. The first kappa shape index (κ1) is 10.3. The number of fused-ring (bicyclic) bond motifs is 1. The van der Waals surface area contributed by atoms with Crippen LogP contribution < -0.4 is 0 Å². The largest absolute Gasteiger partial charge is 0.293 e. The van der Waals surface area contributed by atoms with Gasteiger partial charge in [-0.2, -0.15) is 5.10 Å². The van der Waals surface area contributed by atoms with Gasteiger partial charge in [-0.1, -0.05) is 30.3 Å². The fourth-order valence-electron chi connectivity index (χ4n) is 2.45. The van der Waals surface area contributed by atoms with Crippen molar-refractivity contribution in [3.05, 3.63) is 53.3 Å². The Morgan fingerprint density at radius 2 is 2.12 bits per heavy atom. The van der Waals surface area contributed by atoms with E-state index in [9.17, 15) is 4.79 Å². The van der Waals surface area contributed by atoms with Crippen LogP contribution in [0.25, 0.3) is 0 Å². The molecule has 0 amide bonds. The molecular weight excluding hydrogens is 212 g/mol. The SMILES string of the molecule is CC(=O)c1cc2n(n1)C(c1ccccc1)CC2. The lowest BCUT2D eigenvalue weighted by molar-refractivity contribution is 0.101. The smallest absolute Gasteiger partial charge is 0.179 e. The van der Waals surface area contributed by atoms with Crippen molar-refractivity contribution in [3.8, 4) is 0 Å². The second-order valence-electron chi connectivity index (χ2n) is 4.49. The predicted octanol–water partition coefficient (Wildman–Crippen LogP) is 2.62. The highest BCUT2D eigenvalue weighted by Gasteiger charge is 2.25. The third-order valence-corrected chi connectivity index (χ3v) is 3.33. The lowest BCUT2D eigenvalue weighted by Crippen LogP contribution is -2.08. The summed E-state index contributed by atoms with van der Waals surface area (Å²) in [7, 11) is 0. The van der Waals surface area contributed by atoms with Crippen LogP contribution in [0, 0.1) is 0 Å². The number of ketones is 1. The summed E-state index contributed by atoms with van der Waals surface area (Å²) in [6.07, 6.45) is 2.07. The molecule has 0 spiro atoms. The van der Waals surface area contributed by atoms with Crippen LogP contribution >= 0.6 is 0 Å². The van der Waals surface area contributed by atoms with E-state index in [4.69, 9.17) is 0 Å². The number of hydrogen-bond donors (Lipinski definition) is 0. The summed E-state index contributed by atoms with van der Waals surface area (Å²) in [5.74, 6) is 0.0405. The molecule has 1 atom stereocenters. The van der Waals surface area contributed by atoms with Gasteiger partial charge >= 0.3 is 0 Å². The Bertz CT molecular complexity index is 557. The van der Waals surface area contributed by atoms with Crippen LogP contribution in [0.3, 0.4) is 0 Å². The van der Waals surface area contributed by atoms with Crippen LogP contribution in [0.2, 0.25) is 0 Å². The lowest BCUT2D eigenvalue weighted by Gasteiger charge is -2.12. The molecule has 0 saturated carbocycles. The van der Waals surface area contributed by atoms with Crippen LogP contribution in [0.5, 0.6) is 0 Å². The molecule has 0 radical (unpaired) electrons. The van der Waals surface area contributed by atoms with Crippen molar-refractivity contribution in [2.45, 2.75) is 25.8 Å². The third-order valence-electron chi connectivity index (χ3n) is 3.33. The van der Waals surface area contributed by atoms with E-state index in [0.29, 0.717) is 11.7 Å². The fraction of sp³-hybridized carbons (Fsp3) is 0.286. The van der Waals surface area contributed by atoms with Crippen molar-refractivity contribution in [1.82, 2.24) is 9.78 Å². The van der Waals surface area contributed by atoms with Crippen LogP contribution in [-0.2, 0) is 6.42 Å². The Morgan fingerprint density at radius 3 is 2.82 bits per heavy atom. The molecule has 86 valence electrons. The van der Waals surface area contributed by atoms with Crippen LogP contribution in [0.15, 0.2) is 36.4 Å². The van der Waals surface area contributed by atoms with E-state index in [-0.39, 0.29) is 5.78 Å². The summed E-state index contributed by atoms with van der Waals surface area (Å²) in [5, 5.41) is 4.42. The molecule has 1 aromatic heterocycles. The monoisotopic (exact) mass is 226 g/mol. The van der Waals surface area contributed by atoms with Crippen molar-refractivity contribution >= 4 is 5.78 Å². The van der Waals surface area contributed by atoms with Gasteiger partial charge in [-0.05, 0) is 24.5 Å². The van der Waals surface area contributed by atoms with Crippen molar-refractivity contribution in [2.75, 3.05) is 0 Å². The highest BCUT2D eigenvalue weighted by atomic mass is 16.1. The van der Waals surface area contributed by atoms with Gasteiger partial charge in [-0.3, -0.25) is 9.48 Å². The molecule has 0 N–H and O–H groups in total. The predicted molar refractivity (Wildman–Crippen MR) is 65.1 cm³/mol. The Morgan fingerprint density at radius 1 is 1.35 bits per heavy atom. The zero-order valence-corrected chi connectivity index (χ0v) is 9.76. The van der Waals surface area contributed by atoms with Crippen LogP contribution in [0.4, 0.5) is 0 Å². The van der Waals surface area contributed by atoms with Crippen molar-refractivity contribution in [2.24, 2.45) is 0 Å². The normalized spacial score (nSPS) is 18.1. The van der Waals surface area contributed by atoms with E-state index in [2.05, 4.69) is 17.2 Å². The number of aromatic nitrogens is 2. The average Bonchev–Trinajstić information content (AvgIpc) is 2.89. The van der Waals surface area contributed by atoms with Gasteiger partial charge in [0.25, 0.3) is 0 Å². The van der Waals surface area contributed by atoms with E-state index >= 15 is 0 Å². The Balaban J connectivity index is 2.01. The number of nitrogens with zero attached hydrogens (tertiary/aromatic N) is 2. The van der Waals surface area contributed by atoms with Gasteiger partial charge in [0.1, 0.15) is 5.69 Å². The molecular formula is C14H14N2O. The molecule has 1 aromatic carbocycles. The molecule has 1 aliphatic rings. The Hall–Kier alpha value is -1.90. The second kappa shape index (κ2) is 3.84. The molecule has 17 heavy (non-hydrogen) atoms. The quantitative estimate of drug-likeness (QED) is 0.738. The maximum atomic E-state index is 11.3. The number of aryl methyl sites for hydroxylation is 1. The van der Waals surface area contributed by atoms with Gasteiger partial charge in [0.05, 0.1) is 6.04 Å². The van der Waals surface area contributed by atoms with Gasteiger partial charge < -0.3 is 0 Å². The van der Waals surface area contributed by atoms with Gasteiger partial charge in [0.2, 0.25) is 0 Å². The summed E-state index contributed by atoms with van der Waals surface area (Å²) in [5.41, 5.74) is 3.02. The zero-order chi connectivity index (χ0) is 11.8. The number of carbonyl (C=O) groups excluding carboxylic acids is 1. The molecule has 1 unspecified atom stereocenters. The van der Waals surface area contributed by atoms with Crippen LogP contribution in [0.1, 0.15) is 41.1 Å². The minimum absolute atomic E-state index is 0.0405. The van der Waals surface area contributed by atoms with Gasteiger partial charge in [-0.25, -0.2) is 0 Å². The van der Waals surface area contributed by atoms with Crippen molar-refractivity contribution < 1.29 is 4.79 Å². The summed E-state index contributed by atoms with van der Waals surface area (Å²) in [6, 6.07) is 12.6. The first-order valence-electron chi connectivity index (χ1n) is 5.90. The first-order valence-corrected chi connectivity index (χ1v) is 5.90. The summed E-state index contributed by atoms with van der Waals surface area (Å²) >= 11 is 0. The van der Waals surface area contributed by atoms with E-state index < -0.39 is 0 Å². The van der Waals surface area contributed by atoms with Crippen molar-refractivity contribution in [1.29, 1.82) is 0 Å². The van der Waals surface area contributed by atoms with E-state index in [1.807, 2.05) is 28.9 Å². The molecule has 2 aromatic rings. The highest BCUT2D eigenvalue weighted by molar-refractivity contribution is 5.92. The van der Waals surface area contributed by atoms with Gasteiger partial charge in [-0.15, -0.1) is 0 Å². The Labute approximate surface area is 100 Å². The van der Waals surface area contributed by atoms with Gasteiger partial charge in [0.15, 0.2) is 5.78 Å². The molecule has 0 fully saturated rings. The van der Waals surface area contributed by atoms with E-state index in [0.717, 1.165) is 12.8 Å². The van der Waals surface area contributed by atoms with Crippen molar-refractivity contribution in [3.63, 3.8) is 0 Å². The van der Waals surface area contributed by atoms with Crippen LogP contribution in [-0.4, -0.2) is 15.6 Å². The van der Waals surface area contributed by atoms with Gasteiger partial charge in [0, 0.05) is 12.6 Å². The topological polar surface area (TPSA) is 34.9 Å². The summed E-state index contributed by atoms with van der Waals surface area (Å²) in [6.45, 7) is 1.57. The third kappa shape index (κ3) is 1.68. The zero-order valence-electron chi connectivity index (χ0n) is 9.76. The molecule has 0 bridgehead atoms. The van der Waals surface area contributed by atoms with E-state index in [1.165, 1.54) is 11.3 Å². The number of rotatable bonds is 2.